The summed E-state index contributed by atoms with van der Waals surface area (Å²) in [7, 11) is 0. The van der Waals surface area contributed by atoms with Crippen molar-refractivity contribution in [3.8, 4) is 0 Å². The Morgan fingerprint density at radius 2 is 2.00 bits per heavy atom. The van der Waals surface area contributed by atoms with Gasteiger partial charge in [0.2, 0.25) is 5.56 Å². The van der Waals surface area contributed by atoms with Crippen LogP contribution in [0.25, 0.3) is 11.0 Å². The zero-order valence-electron chi connectivity index (χ0n) is 7.72. The van der Waals surface area contributed by atoms with E-state index in [9.17, 15) is 4.79 Å². The molecule has 2 N–H and O–H groups in total. The third-order valence-corrected chi connectivity index (χ3v) is 2.15. The van der Waals surface area contributed by atoms with Crippen molar-refractivity contribution in [1.29, 1.82) is 0 Å². The summed E-state index contributed by atoms with van der Waals surface area (Å²) in [5, 5.41) is 0. The lowest BCUT2D eigenvalue weighted by atomic mass is 10.1. The van der Waals surface area contributed by atoms with Crippen LogP contribution < -0.4 is 5.56 Å². The molecule has 2 heterocycles. The fourth-order valence-electron chi connectivity index (χ4n) is 1.37. The molecule has 13 heavy (non-hydrogen) atoms. The van der Waals surface area contributed by atoms with Crippen molar-refractivity contribution in [1.82, 2.24) is 9.97 Å². The second kappa shape index (κ2) is 2.76. The SMILES string of the molecule is CC(C)c1cc2[nH]c(=O)ccc2[nH]1.[HH].[HH]. The predicted octanol–water partition coefficient (Wildman–Crippen LogP) is 2.47. The van der Waals surface area contributed by atoms with E-state index in [0.29, 0.717) is 5.92 Å². The minimum Gasteiger partial charge on any atom is -0.357 e. The van der Waals surface area contributed by atoms with Gasteiger partial charge in [-0.3, -0.25) is 4.79 Å². The van der Waals surface area contributed by atoms with Gasteiger partial charge in [0.15, 0.2) is 0 Å². The maximum Gasteiger partial charge on any atom is 0.248 e. The summed E-state index contributed by atoms with van der Waals surface area (Å²) in [6.45, 7) is 4.23. The van der Waals surface area contributed by atoms with E-state index >= 15 is 0 Å². The molecule has 3 heteroatoms. The lowest BCUT2D eigenvalue weighted by molar-refractivity contribution is 0.836. The van der Waals surface area contributed by atoms with E-state index < -0.39 is 0 Å². The van der Waals surface area contributed by atoms with Gasteiger partial charge in [-0.25, -0.2) is 0 Å². The summed E-state index contributed by atoms with van der Waals surface area (Å²) in [5.74, 6) is 0.455. The third kappa shape index (κ3) is 1.37. The first-order valence-electron chi connectivity index (χ1n) is 4.39. The molecular weight excluding hydrogens is 164 g/mol. The van der Waals surface area contributed by atoms with Gasteiger partial charge in [0.1, 0.15) is 0 Å². The number of H-pyrrole nitrogens is 2. The zero-order valence-corrected chi connectivity index (χ0v) is 7.72. The van der Waals surface area contributed by atoms with Gasteiger partial charge in [-0.1, -0.05) is 13.8 Å². The van der Waals surface area contributed by atoms with E-state index in [1.165, 1.54) is 6.07 Å². The van der Waals surface area contributed by atoms with Gasteiger partial charge in [-0.15, -0.1) is 0 Å². The lowest BCUT2D eigenvalue weighted by Crippen LogP contribution is -2.00. The highest BCUT2D eigenvalue weighted by Gasteiger charge is 2.03. The third-order valence-electron chi connectivity index (χ3n) is 2.15. The van der Waals surface area contributed by atoms with Crippen molar-refractivity contribution in [2.45, 2.75) is 19.8 Å². The van der Waals surface area contributed by atoms with Crippen LogP contribution in [0.2, 0.25) is 0 Å². The number of hydrogen-bond acceptors (Lipinski definition) is 1. The molecule has 0 radical (unpaired) electrons. The van der Waals surface area contributed by atoms with Crippen LogP contribution in [0.15, 0.2) is 23.0 Å². The van der Waals surface area contributed by atoms with Crippen LogP contribution in [0.5, 0.6) is 0 Å². The Kier molecular flexibility index (Phi) is 1.72. The van der Waals surface area contributed by atoms with Crippen LogP contribution in [0, 0.1) is 0 Å². The number of fused-ring (bicyclic) bond motifs is 1. The normalized spacial score (nSPS) is 11.3. The molecule has 0 amide bonds. The van der Waals surface area contributed by atoms with Crippen LogP contribution in [0.4, 0.5) is 0 Å². The number of hydrogen-bond donors (Lipinski definition) is 2. The largest absolute Gasteiger partial charge is 0.357 e. The van der Waals surface area contributed by atoms with E-state index in [1.54, 1.807) is 6.07 Å². The monoisotopic (exact) mass is 180 g/mol. The number of nitrogens with one attached hydrogen (secondary N) is 2. The molecule has 2 rings (SSSR count). The number of rotatable bonds is 1. The Hall–Kier alpha value is -1.51. The van der Waals surface area contributed by atoms with E-state index in [2.05, 4.69) is 23.8 Å². The average molecular weight is 180 g/mol. The minimum absolute atomic E-state index is 0. The van der Waals surface area contributed by atoms with Gasteiger partial charge in [0.25, 0.3) is 0 Å². The van der Waals surface area contributed by atoms with E-state index in [0.717, 1.165) is 16.7 Å². The molecule has 0 aliphatic heterocycles. The van der Waals surface area contributed by atoms with Gasteiger partial charge in [-0.2, -0.15) is 0 Å². The zero-order chi connectivity index (χ0) is 9.42. The Bertz CT molecular complexity index is 487. The van der Waals surface area contributed by atoms with Crippen molar-refractivity contribution < 1.29 is 2.85 Å². The molecule has 0 bridgehead atoms. The van der Waals surface area contributed by atoms with Gasteiger partial charge >= 0.3 is 0 Å². The summed E-state index contributed by atoms with van der Waals surface area (Å²) in [4.78, 5) is 17.0. The summed E-state index contributed by atoms with van der Waals surface area (Å²) >= 11 is 0. The molecule has 0 aromatic carbocycles. The van der Waals surface area contributed by atoms with Crippen LogP contribution >= 0.6 is 0 Å². The van der Waals surface area contributed by atoms with Gasteiger partial charge < -0.3 is 9.97 Å². The number of pyridine rings is 1. The Morgan fingerprint density at radius 3 is 2.69 bits per heavy atom. The fraction of sp³-hybridized carbons (Fsp3) is 0.300. The van der Waals surface area contributed by atoms with Crippen molar-refractivity contribution in [2.75, 3.05) is 0 Å². The summed E-state index contributed by atoms with van der Waals surface area (Å²) in [5.41, 5.74) is 2.97. The minimum atomic E-state index is -0.0539. The molecule has 0 spiro atoms. The first-order chi connectivity index (χ1) is 6.16. The van der Waals surface area contributed by atoms with Crippen molar-refractivity contribution in [2.24, 2.45) is 0 Å². The molecule has 0 aliphatic rings. The second-order valence-corrected chi connectivity index (χ2v) is 3.53. The van der Waals surface area contributed by atoms with Gasteiger partial charge in [0, 0.05) is 14.6 Å². The van der Waals surface area contributed by atoms with Crippen LogP contribution in [0.3, 0.4) is 0 Å². The highest BCUT2D eigenvalue weighted by atomic mass is 16.1. The Balaban J connectivity index is 0.000000980. The quantitative estimate of drug-likeness (QED) is 0.695. The molecule has 0 atom stereocenters. The molecule has 0 saturated heterocycles. The first-order valence-corrected chi connectivity index (χ1v) is 4.39. The van der Waals surface area contributed by atoms with Crippen LogP contribution in [-0.4, -0.2) is 9.97 Å². The topological polar surface area (TPSA) is 48.6 Å². The molecule has 2 aromatic rings. The van der Waals surface area contributed by atoms with Crippen molar-refractivity contribution >= 4 is 11.0 Å². The maximum absolute atomic E-state index is 11.0. The second-order valence-electron chi connectivity index (χ2n) is 3.53. The Morgan fingerprint density at radius 1 is 1.23 bits per heavy atom. The van der Waals surface area contributed by atoms with E-state index in [1.807, 2.05) is 6.07 Å². The van der Waals surface area contributed by atoms with E-state index in [4.69, 9.17) is 0 Å². The van der Waals surface area contributed by atoms with Crippen LogP contribution in [0.1, 0.15) is 28.3 Å². The number of aromatic amines is 2. The summed E-state index contributed by atoms with van der Waals surface area (Å²) in [6, 6.07) is 5.32. The Labute approximate surface area is 78.8 Å². The average Bonchev–Trinajstić information content (AvgIpc) is 2.46. The molecule has 0 saturated carbocycles. The summed E-state index contributed by atoms with van der Waals surface area (Å²) in [6.07, 6.45) is 0. The van der Waals surface area contributed by atoms with Gasteiger partial charge in [-0.05, 0) is 18.1 Å². The first kappa shape index (κ1) is 8.10. The van der Waals surface area contributed by atoms with Crippen molar-refractivity contribution in [3.63, 3.8) is 0 Å². The summed E-state index contributed by atoms with van der Waals surface area (Å²) < 4.78 is 0. The van der Waals surface area contributed by atoms with Crippen molar-refractivity contribution in [3.05, 3.63) is 34.2 Å². The smallest absolute Gasteiger partial charge is 0.248 e. The molecule has 0 fully saturated rings. The maximum atomic E-state index is 11.0. The van der Waals surface area contributed by atoms with Gasteiger partial charge in [0.05, 0.1) is 11.0 Å². The molecule has 0 aliphatic carbocycles. The molecule has 72 valence electrons. The molecular formula is C10H16N2O. The van der Waals surface area contributed by atoms with E-state index in [-0.39, 0.29) is 8.41 Å². The fourth-order valence-corrected chi connectivity index (χ4v) is 1.37. The highest BCUT2D eigenvalue weighted by molar-refractivity contribution is 5.75. The predicted molar refractivity (Wildman–Crippen MR) is 57.2 cm³/mol. The molecule has 0 unspecified atom stereocenters. The highest BCUT2D eigenvalue weighted by Crippen LogP contribution is 2.17. The lowest BCUT2D eigenvalue weighted by Gasteiger charge is -1.97. The number of aromatic nitrogens is 2. The standard InChI is InChI=1S/C10H12N2O.2H2/c1-6(2)8-5-9-7(11-8)3-4-10(13)12-9;;/h3-6,11H,1-2H3,(H,12,13);2*1H. The van der Waals surface area contributed by atoms with Crippen LogP contribution in [-0.2, 0) is 0 Å². The molecule has 3 nitrogen and oxygen atoms in total. The molecule has 2 aromatic heterocycles.